The van der Waals surface area contributed by atoms with E-state index in [1.807, 2.05) is 12.1 Å². The van der Waals surface area contributed by atoms with Crippen LogP contribution in [0.1, 0.15) is 16.7 Å². The second kappa shape index (κ2) is 4.91. The maximum atomic E-state index is 9.20. The Morgan fingerprint density at radius 2 is 1.71 bits per heavy atom. The van der Waals surface area contributed by atoms with E-state index in [0.717, 1.165) is 17.8 Å². The van der Waals surface area contributed by atoms with Gasteiger partial charge in [-0.05, 0) is 48.7 Å². The van der Waals surface area contributed by atoms with Crippen molar-refractivity contribution in [2.75, 3.05) is 5.32 Å². The van der Waals surface area contributed by atoms with Gasteiger partial charge >= 0.3 is 0 Å². The number of benzene rings is 2. The lowest BCUT2D eigenvalue weighted by Gasteiger charge is -2.10. The zero-order valence-corrected chi connectivity index (χ0v) is 10.2. The first-order chi connectivity index (χ1) is 8.15. The van der Waals surface area contributed by atoms with Gasteiger partial charge in [0.2, 0.25) is 0 Å². The van der Waals surface area contributed by atoms with Gasteiger partial charge < -0.3 is 10.4 Å². The molecular formula is C15H17NO. The Morgan fingerprint density at radius 1 is 1.00 bits per heavy atom. The standard InChI is InChI=1S/C15H17NO/c1-11-3-4-12(2)15(9-11)16-10-13-5-7-14(17)8-6-13/h3-9,16-17H,10H2,1-2H3. The summed E-state index contributed by atoms with van der Waals surface area (Å²) in [5, 5.41) is 12.6. The summed E-state index contributed by atoms with van der Waals surface area (Å²) in [6.07, 6.45) is 0. The van der Waals surface area contributed by atoms with Gasteiger partial charge in [-0.3, -0.25) is 0 Å². The molecule has 0 bridgehead atoms. The molecule has 2 aromatic rings. The Hall–Kier alpha value is -1.96. The molecule has 0 aliphatic carbocycles. The zero-order chi connectivity index (χ0) is 12.3. The van der Waals surface area contributed by atoms with Crippen LogP contribution >= 0.6 is 0 Å². The molecule has 0 saturated carbocycles. The van der Waals surface area contributed by atoms with Gasteiger partial charge in [0, 0.05) is 12.2 Å². The molecule has 0 aromatic heterocycles. The van der Waals surface area contributed by atoms with Crippen LogP contribution in [-0.2, 0) is 6.54 Å². The summed E-state index contributed by atoms with van der Waals surface area (Å²) in [5.41, 5.74) is 4.82. The summed E-state index contributed by atoms with van der Waals surface area (Å²) < 4.78 is 0. The lowest BCUT2D eigenvalue weighted by atomic mass is 10.1. The van der Waals surface area contributed by atoms with Gasteiger partial charge in [-0.15, -0.1) is 0 Å². The molecule has 0 aliphatic heterocycles. The van der Waals surface area contributed by atoms with E-state index in [-0.39, 0.29) is 0 Å². The minimum atomic E-state index is 0.306. The largest absolute Gasteiger partial charge is 0.508 e. The monoisotopic (exact) mass is 227 g/mol. The second-order valence-electron chi connectivity index (χ2n) is 4.34. The number of aromatic hydroxyl groups is 1. The van der Waals surface area contributed by atoms with Crippen molar-refractivity contribution < 1.29 is 5.11 Å². The van der Waals surface area contributed by atoms with Crippen molar-refractivity contribution >= 4 is 5.69 Å². The number of hydrogen-bond donors (Lipinski definition) is 2. The zero-order valence-electron chi connectivity index (χ0n) is 10.2. The predicted octanol–water partition coefficient (Wildman–Crippen LogP) is 3.62. The van der Waals surface area contributed by atoms with Gasteiger partial charge in [-0.1, -0.05) is 24.3 Å². The summed E-state index contributed by atoms with van der Waals surface area (Å²) >= 11 is 0. The van der Waals surface area contributed by atoms with Crippen molar-refractivity contribution in [1.82, 2.24) is 0 Å². The van der Waals surface area contributed by atoms with Crippen molar-refractivity contribution in [3.63, 3.8) is 0 Å². The SMILES string of the molecule is Cc1ccc(C)c(NCc2ccc(O)cc2)c1. The Morgan fingerprint density at radius 3 is 2.41 bits per heavy atom. The van der Waals surface area contributed by atoms with Gasteiger partial charge in [0.05, 0.1) is 0 Å². The summed E-state index contributed by atoms with van der Waals surface area (Å²) in [5.74, 6) is 0.306. The lowest BCUT2D eigenvalue weighted by Crippen LogP contribution is -2.01. The molecule has 2 heteroatoms. The highest BCUT2D eigenvalue weighted by molar-refractivity contribution is 5.52. The van der Waals surface area contributed by atoms with Crippen LogP contribution in [0.5, 0.6) is 5.75 Å². The van der Waals surface area contributed by atoms with Crippen molar-refractivity contribution in [1.29, 1.82) is 0 Å². The van der Waals surface area contributed by atoms with E-state index in [1.54, 1.807) is 12.1 Å². The maximum absolute atomic E-state index is 9.20. The molecule has 0 amide bonds. The van der Waals surface area contributed by atoms with Crippen LogP contribution in [0.3, 0.4) is 0 Å². The van der Waals surface area contributed by atoms with Crippen LogP contribution in [0.4, 0.5) is 5.69 Å². The highest BCUT2D eigenvalue weighted by Crippen LogP contribution is 2.18. The molecule has 2 aromatic carbocycles. The smallest absolute Gasteiger partial charge is 0.115 e. The molecule has 2 N–H and O–H groups in total. The first-order valence-electron chi connectivity index (χ1n) is 5.74. The van der Waals surface area contributed by atoms with E-state index in [2.05, 4.69) is 37.4 Å². The Balaban J connectivity index is 2.07. The quantitative estimate of drug-likeness (QED) is 0.839. The minimum absolute atomic E-state index is 0.306. The molecule has 0 aliphatic rings. The van der Waals surface area contributed by atoms with E-state index >= 15 is 0 Å². The third-order valence-corrected chi connectivity index (χ3v) is 2.81. The van der Waals surface area contributed by atoms with Crippen LogP contribution in [0.2, 0.25) is 0 Å². The number of rotatable bonds is 3. The van der Waals surface area contributed by atoms with Crippen LogP contribution in [0, 0.1) is 13.8 Å². The van der Waals surface area contributed by atoms with E-state index in [4.69, 9.17) is 0 Å². The fourth-order valence-corrected chi connectivity index (χ4v) is 1.74. The first-order valence-corrected chi connectivity index (χ1v) is 5.74. The Labute approximate surface area is 102 Å². The lowest BCUT2D eigenvalue weighted by molar-refractivity contribution is 0.475. The van der Waals surface area contributed by atoms with E-state index in [1.165, 1.54) is 11.1 Å². The first kappa shape index (κ1) is 11.5. The number of nitrogens with one attached hydrogen (secondary N) is 1. The molecule has 0 atom stereocenters. The molecule has 0 radical (unpaired) electrons. The molecule has 0 heterocycles. The number of hydrogen-bond acceptors (Lipinski definition) is 2. The Bertz CT molecular complexity index is 503. The molecule has 0 saturated heterocycles. The number of phenolic OH excluding ortho intramolecular Hbond substituents is 1. The molecule has 88 valence electrons. The average Bonchev–Trinajstić information content (AvgIpc) is 2.32. The average molecular weight is 227 g/mol. The van der Waals surface area contributed by atoms with Crippen LogP contribution in [0.15, 0.2) is 42.5 Å². The van der Waals surface area contributed by atoms with Crippen molar-refractivity contribution in [3.05, 3.63) is 59.2 Å². The van der Waals surface area contributed by atoms with E-state index in [9.17, 15) is 5.11 Å². The fourth-order valence-electron chi connectivity index (χ4n) is 1.74. The second-order valence-corrected chi connectivity index (χ2v) is 4.34. The molecule has 0 unspecified atom stereocenters. The van der Waals surface area contributed by atoms with Crippen LogP contribution in [0.25, 0.3) is 0 Å². The fraction of sp³-hybridized carbons (Fsp3) is 0.200. The summed E-state index contributed by atoms with van der Waals surface area (Å²) in [4.78, 5) is 0. The Kier molecular flexibility index (Phi) is 3.33. The van der Waals surface area contributed by atoms with Crippen LogP contribution in [-0.4, -0.2) is 5.11 Å². The van der Waals surface area contributed by atoms with Gasteiger partial charge in [0.1, 0.15) is 5.75 Å². The molecule has 2 nitrogen and oxygen atoms in total. The van der Waals surface area contributed by atoms with Crippen molar-refractivity contribution in [3.8, 4) is 5.75 Å². The van der Waals surface area contributed by atoms with Gasteiger partial charge in [-0.25, -0.2) is 0 Å². The third kappa shape index (κ3) is 3.00. The van der Waals surface area contributed by atoms with E-state index in [0.29, 0.717) is 5.75 Å². The number of anilines is 1. The highest BCUT2D eigenvalue weighted by Gasteiger charge is 1.98. The summed E-state index contributed by atoms with van der Waals surface area (Å²) in [6, 6.07) is 13.6. The number of aryl methyl sites for hydroxylation is 2. The van der Waals surface area contributed by atoms with E-state index < -0.39 is 0 Å². The van der Waals surface area contributed by atoms with Crippen LogP contribution < -0.4 is 5.32 Å². The molecule has 0 fully saturated rings. The highest BCUT2D eigenvalue weighted by atomic mass is 16.3. The van der Waals surface area contributed by atoms with Gasteiger partial charge in [-0.2, -0.15) is 0 Å². The summed E-state index contributed by atoms with van der Waals surface area (Å²) in [6.45, 7) is 4.95. The third-order valence-electron chi connectivity index (χ3n) is 2.81. The molecular weight excluding hydrogens is 210 g/mol. The van der Waals surface area contributed by atoms with Crippen molar-refractivity contribution in [2.24, 2.45) is 0 Å². The number of phenols is 1. The molecule has 17 heavy (non-hydrogen) atoms. The van der Waals surface area contributed by atoms with Gasteiger partial charge in [0.25, 0.3) is 0 Å². The molecule has 0 spiro atoms. The normalized spacial score (nSPS) is 10.2. The summed E-state index contributed by atoms with van der Waals surface area (Å²) in [7, 11) is 0. The predicted molar refractivity (Wildman–Crippen MR) is 71.3 cm³/mol. The van der Waals surface area contributed by atoms with Crippen molar-refractivity contribution in [2.45, 2.75) is 20.4 Å². The van der Waals surface area contributed by atoms with Gasteiger partial charge in [0.15, 0.2) is 0 Å². The minimum Gasteiger partial charge on any atom is -0.508 e. The maximum Gasteiger partial charge on any atom is 0.115 e. The topological polar surface area (TPSA) is 32.3 Å². The molecule has 2 rings (SSSR count).